The molecule has 7 nitrogen and oxygen atoms in total. The molecule has 0 radical (unpaired) electrons. The maximum absolute atomic E-state index is 13.1. The fourth-order valence-corrected chi connectivity index (χ4v) is 5.19. The van der Waals surface area contributed by atoms with Crippen LogP contribution in [0.5, 0.6) is 0 Å². The predicted molar refractivity (Wildman–Crippen MR) is 120 cm³/mol. The summed E-state index contributed by atoms with van der Waals surface area (Å²) in [5, 5.41) is 13.8. The highest BCUT2D eigenvalue weighted by atomic mass is 32.2. The Labute approximate surface area is 182 Å². The number of pyridine rings is 2. The molecule has 2 aromatic heterocycles. The van der Waals surface area contributed by atoms with Crippen molar-refractivity contribution in [2.75, 3.05) is 18.4 Å². The van der Waals surface area contributed by atoms with Crippen LogP contribution >= 0.6 is 0 Å². The van der Waals surface area contributed by atoms with Gasteiger partial charge in [0.2, 0.25) is 10.0 Å². The lowest BCUT2D eigenvalue weighted by Gasteiger charge is -2.35. The van der Waals surface area contributed by atoms with Crippen LogP contribution in [-0.2, 0) is 10.0 Å². The minimum Gasteiger partial charge on any atom is -0.390 e. The molecule has 0 aliphatic carbocycles. The molecule has 2 atom stereocenters. The zero-order valence-electron chi connectivity index (χ0n) is 17.6. The van der Waals surface area contributed by atoms with Gasteiger partial charge in [-0.1, -0.05) is 18.2 Å². The molecule has 0 amide bonds. The first-order valence-corrected chi connectivity index (χ1v) is 11.7. The Hall–Kier alpha value is -2.81. The summed E-state index contributed by atoms with van der Waals surface area (Å²) in [6.45, 7) is 4.29. The average molecular weight is 439 g/mol. The van der Waals surface area contributed by atoms with E-state index in [1.54, 1.807) is 42.9 Å². The van der Waals surface area contributed by atoms with Gasteiger partial charge in [0.25, 0.3) is 0 Å². The van der Waals surface area contributed by atoms with E-state index in [-0.39, 0.29) is 17.5 Å². The number of nitrogens with zero attached hydrogens (tertiary/aromatic N) is 3. The number of aromatic nitrogens is 2. The first-order chi connectivity index (χ1) is 14.8. The number of anilines is 1. The molecule has 1 aromatic carbocycles. The molecule has 0 unspecified atom stereocenters. The van der Waals surface area contributed by atoms with Crippen molar-refractivity contribution in [1.29, 1.82) is 0 Å². The first kappa shape index (κ1) is 21.4. The van der Waals surface area contributed by atoms with Crippen LogP contribution in [0.3, 0.4) is 0 Å². The van der Waals surface area contributed by atoms with Crippen molar-refractivity contribution in [2.24, 2.45) is 0 Å². The highest BCUT2D eigenvalue weighted by Crippen LogP contribution is 2.26. The molecule has 0 spiro atoms. The van der Waals surface area contributed by atoms with Gasteiger partial charge in [0, 0.05) is 37.2 Å². The Balaban J connectivity index is 1.45. The van der Waals surface area contributed by atoms with Gasteiger partial charge >= 0.3 is 0 Å². The summed E-state index contributed by atoms with van der Waals surface area (Å²) in [5.74, 6) is 0.673. The Morgan fingerprint density at radius 3 is 2.42 bits per heavy atom. The van der Waals surface area contributed by atoms with E-state index in [1.165, 1.54) is 4.31 Å². The third-order valence-corrected chi connectivity index (χ3v) is 7.37. The van der Waals surface area contributed by atoms with Gasteiger partial charge in [-0.25, -0.2) is 13.4 Å². The monoisotopic (exact) mass is 438 g/mol. The van der Waals surface area contributed by atoms with Gasteiger partial charge < -0.3 is 10.4 Å². The fourth-order valence-electron chi connectivity index (χ4n) is 3.71. The van der Waals surface area contributed by atoms with Crippen molar-refractivity contribution >= 4 is 15.8 Å². The van der Waals surface area contributed by atoms with E-state index in [4.69, 9.17) is 0 Å². The summed E-state index contributed by atoms with van der Waals surface area (Å²) in [6, 6.07) is 12.4. The summed E-state index contributed by atoms with van der Waals surface area (Å²) in [4.78, 5) is 8.71. The molecule has 0 saturated carbocycles. The number of nitrogens with one attached hydrogen (secondary N) is 1. The maximum Gasteiger partial charge on any atom is 0.243 e. The molecule has 8 heteroatoms. The zero-order chi connectivity index (χ0) is 22.0. The topological polar surface area (TPSA) is 95.4 Å². The minimum atomic E-state index is -3.69. The van der Waals surface area contributed by atoms with Crippen LogP contribution in [0.1, 0.15) is 17.5 Å². The zero-order valence-corrected chi connectivity index (χ0v) is 18.4. The third-order valence-electron chi connectivity index (χ3n) is 5.49. The van der Waals surface area contributed by atoms with Crippen LogP contribution in [0.4, 0.5) is 5.82 Å². The standard InChI is InChI=1S/C23H26N4O3S/c1-16-3-8-23(25-13-16)26-21-9-10-27(15-22(21)28)31(29,30)20-6-4-18(5-7-20)19-11-17(2)12-24-14-19/h3-8,11-14,21-22,28H,9-10,15H2,1-2H3,(H,25,26)/t21-,22+/m1/s1. The van der Waals surface area contributed by atoms with E-state index in [0.717, 1.165) is 22.3 Å². The molecular formula is C23H26N4O3S. The second-order valence-corrected chi connectivity index (χ2v) is 9.90. The van der Waals surface area contributed by atoms with Crippen molar-refractivity contribution < 1.29 is 13.5 Å². The number of hydrogen-bond acceptors (Lipinski definition) is 6. The van der Waals surface area contributed by atoms with Crippen LogP contribution in [0.15, 0.2) is 66.0 Å². The summed E-state index contributed by atoms with van der Waals surface area (Å²) in [7, 11) is -3.69. The molecule has 1 fully saturated rings. The Morgan fingerprint density at radius 2 is 1.77 bits per heavy atom. The van der Waals surface area contributed by atoms with E-state index < -0.39 is 16.1 Å². The van der Waals surface area contributed by atoms with Gasteiger partial charge in [-0.15, -0.1) is 0 Å². The smallest absolute Gasteiger partial charge is 0.243 e. The predicted octanol–water partition coefficient (Wildman–Crippen LogP) is 3.00. The quantitative estimate of drug-likeness (QED) is 0.636. The maximum atomic E-state index is 13.1. The lowest BCUT2D eigenvalue weighted by molar-refractivity contribution is 0.0949. The summed E-state index contributed by atoms with van der Waals surface area (Å²) in [5.41, 5.74) is 3.94. The van der Waals surface area contributed by atoms with Gasteiger partial charge in [-0.05, 0) is 61.2 Å². The van der Waals surface area contributed by atoms with E-state index in [9.17, 15) is 13.5 Å². The Bertz CT molecular complexity index is 1150. The minimum absolute atomic E-state index is 0.0371. The number of aryl methyl sites for hydroxylation is 2. The van der Waals surface area contributed by atoms with Gasteiger partial charge in [-0.3, -0.25) is 4.98 Å². The lowest BCUT2D eigenvalue weighted by atomic mass is 10.0. The summed E-state index contributed by atoms with van der Waals surface area (Å²) >= 11 is 0. The van der Waals surface area contributed by atoms with Gasteiger partial charge in [-0.2, -0.15) is 4.31 Å². The Morgan fingerprint density at radius 1 is 1.00 bits per heavy atom. The van der Waals surface area contributed by atoms with E-state index >= 15 is 0 Å². The summed E-state index contributed by atoms with van der Waals surface area (Å²) in [6.07, 6.45) is 4.95. The highest BCUT2D eigenvalue weighted by Gasteiger charge is 2.34. The molecule has 162 valence electrons. The van der Waals surface area contributed by atoms with Crippen molar-refractivity contribution in [3.8, 4) is 11.1 Å². The molecule has 0 bridgehead atoms. The van der Waals surface area contributed by atoms with E-state index in [0.29, 0.717) is 18.8 Å². The number of piperidine rings is 1. The largest absolute Gasteiger partial charge is 0.390 e. The van der Waals surface area contributed by atoms with Crippen molar-refractivity contribution in [1.82, 2.24) is 14.3 Å². The van der Waals surface area contributed by atoms with Gasteiger partial charge in [0.15, 0.2) is 0 Å². The van der Waals surface area contributed by atoms with Crippen LogP contribution in [-0.4, -0.2) is 53.0 Å². The molecule has 4 rings (SSSR count). The van der Waals surface area contributed by atoms with Crippen molar-refractivity contribution in [3.63, 3.8) is 0 Å². The highest BCUT2D eigenvalue weighted by molar-refractivity contribution is 7.89. The van der Waals surface area contributed by atoms with Crippen LogP contribution < -0.4 is 5.32 Å². The second kappa shape index (κ2) is 8.74. The molecule has 3 heterocycles. The van der Waals surface area contributed by atoms with Crippen molar-refractivity contribution in [2.45, 2.75) is 37.3 Å². The molecule has 2 N–H and O–H groups in total. The second-order valence-electron chi connectivity index (χ2n) is 7.97. The molecular weight excluding hydrogens is 412 g/mol. The molecule has 1 aliphatic rings. The van der Waals surface area contributed by atoms with E-state index in [2.05, 4.69) is 15.3 Å². The number of benzene rings is 1. The van der Waals surface area contributed by atoms with Gasteiger partial charge in [0.05, 0.1) is 17.0 Å². The number of sulfonamides is 1. The third kappa shape index (κ3) is 4.76. The van der Waals surface area contributed by atoms with E-state index in [1.807, 2.05) is 32.0 Å². The number of rotatable bonds is 5. The van der Waals surface area contributed by atoms with Crippen LogP contribution in [0.2, 0.25) is 0 Å². The molecule has 1 saturated heterocycles. The van der Waals surface area contributed by atoms with Crippen molar-refractivity contribution in [3.05, 3.63) is 72.2 Å². The summed E-state index contributed by atoms with van der Waals surface area (Å²) < 4.78 is 27.6. The number of hydrogen-bond donors (Lipinski definition) is 2. The lowest BCUT2D eigenvalue weighted by Crippen LogP contribution is -2.51. The average Bonchev–Trinajstić information content (AvgIpc) is 2.76. The number of aliphatic hydroxyl groups excluding tert-OH is 1. The number of aliphatic hydroxyl groups is 1. The molecule has 31 heavy (non-hydrogen) atoms. The number of β-amino-alcohol motifs (C(OH)–C–C–N with tert-alkyl or cyclic N) is 1. The molecule has 3 aromatic rings. The first-order valence-electron chi connectivity index (χ1n) is 10.2. The normalized spacial score (nSPS) is 19.8. The van der Waals surface area contributed by atoms with Gasteiger partial charge in [0.1, 0.15) is 5.82 Å². The van der Waals surface area contributed by atoms with Crippen LogP contribution in [0, 0.1) is 13.8 Å². The van der Waals surface area contributed by atoms with Crippen LogP contribution in [0.25, 0.3) is 11.1 Å². The Kier molecular flexibility index (Phi) is 6.04. The fraction of sp³-hybridized carbons (Fsp3) is 0.304. The SMILES string of the molecule is Cc1ccc(N[C@@H]2CCN(S(=O)(=O)c3ccc(-c4cncc(C)c4)cc3)C[C@@H]2O)nc1. The molecule has 1 aliphatic heterocycles.